The summed E-state index contributed by atoms with van der Waals surface area (Å²) in [5.41, 5.74) is 0.577. The molecule has 64 heavy (non-hydrogen) atoms. The molecule has 1 aromatic carbocycles. The van der Waals surface area contributed by atoms with Gasteiger partial charge in [-0.1, -0.05) is 17.3 Å². The first-order valence-corrected chi connectivity index (χ1v) is 20.7. The van der Waals surface area contributed by atoms with Crippen LogP contribution < -0.4 is 37.2 Å². The minimum absolute atomic E-state index is 0.00548. The molecule has 0 aliphatic carbocycles. The Morgan fingerprint density at radius 3 is 1.94 bits per heavy atom. The van der Waals surface area contributed by atoms with Crippen LogP contribution in [-0.4, -0.2) is 202 Å². The first-order valence-electron chi connectivity index (χ1n) is 20.1. The van der Waals surface area contributed by atoms with E-state index < -0.39 is 117 Å². The summed E-state index contributed by atoms with van der Waals surface area (Å²) in [6.45, 7) is 1.48. The van der Waals surface area contributed by atoms with Gasteiger partial charge in [0.15, 0.2) is 6.29 Å². The zero-order valence-corrected chi connectivity index (χ0v) is 36.4. The molecule has 0 saturated carbocycles. The van der Waals surface area contributed by atoms with Gasteiger partial charge < -0.3 is 86.2 Å². The second-order valence-corrected chi connectivity index (χ2v) is 14.2. The van der Waals surface area contributed by atoms with E-state index in [0.717, 1.165) is 6.92 Å². The van der Waals surface area contributed by atoms with Crippen molar-refractivity contribution in [2.75, 3.05) is 91.4 Å². The molecule has 25 nitrogen and oxygen atoms in total. The van der Waals surface area contributed by atoms with Crippen LogP contribution in [0, 0.1) is 0 Å². The number of phenolic OH excluding ortho intramolecular Hbond substituents is 1. The van der Waals surface area contributed by atoms with Crippen molar-refractivity contribution in [2.45, 2.75) is 63.0 Å². The smallest absolute Gasteiger partial charge is 0.245 e. The van der Waals surface area contributed by atoms with E-state index in [1.807, 2.05) is 0 Å². The summed E-state index contributed by atoms with van der Waals surface area (Å²) in [7, 11) is 0. The van der Waals surface area contributed by atoms with E-state index in [-0.39, 0.29) is 31.9 Å². The molecule has 0 spiro atoms. The van der Waals surface area contributed by atoms with Crippen molar-refractivity contribution in [1.82, 2.24) is 37.2 Å². The monoisotopic (exact) mass is 932 g/mol. The van der Waals surface area contributed by atoms with Crippen molar-refractivity contribution < 1.29 is 82.5 Å². The summed E-state index contributed by atoms with van der Waals surface area (Å²) in [5, 5.41) is 60.5. The lowest BCUT2D eigenvalue weighted by Gasteiger charge is -2.42. The number of aliphatic hydroxyl groups excluding tert-OH is 3. The third kappa shape index (κ3) is 22.9. The summed E-state index contributed by atoms with van der Waals surface area (Å²) in [6, 6.07) is 1.68. The maximum atomic E-state index is 13.3. The normalized spacial score (nSPS) is 19.1. The molecule has 0 unspecified atom stereocenters. The van der Waals surface area contributed by atoms with Gasteiger partial charge in [0.25, 0.3) is 0 Å². The standard InChI is InChI=1S/C38H60N8O17S/c1-23(48)44-27(17-25-3-5-26(50)6-4-25)36(56)42-20-32(53)46-28(22-61-38-33(45-24(2)49)35(55)34(54)29(21-47)63-38)37(57)41-19-31(52)40-18-30(51)39-7-8-43-62-14-13-59-10-9-58-11-12-60-15-16-64/h3-6,8,27-29,33-35,38,47,50,54-55,64H,7,9-22H2,1-2H3,(H,39,51)(H,40,52)(H,41,57)(H,42,56)(H,44,48)(H,45,49)(H,46,53)/b43-8+/t27-,28-,29+,33+,34-,35+,38-/m0/s1. The lowest BCUT2D eigenvalue weighted by molar-refractivity contribution is -0.270. The zero-order valence-electron chi connectivity index (χ0n) is 35.5. The number of aromatic hydroxyl groups is 1. The van der Waals surface area contributed by atoms with Gasteiger partial charge in [-0.05, 0) is 17.7 Å². The summed E-state index contributed by atoms with van der Waals surface area (Å²) in [4.78, 5) is 93.0. The fourth-order valence-electron chi connectivity index (χ4n) is 5.44. The quantitative estimate of drug-likeness (QED) is 0.0143. The number of aliphatic hydroxyl groups is 3. The molecule has 1 saturated heterocycles. The van der Waals surface area contributed by atoms with Crippen LogP contribution in [0.3, 0.4) is 0 Å². The number of hydrogen-bond donors (Lipinski definition) is 12. The first-order chi connectivity index (χ1) is 30.6. The summed E-state index contributed by atoms with van der Waals surface area (Å²) < 4.78 is 27.1. The van der Waals surface area contributed by atoms with Crippen LogP contribution >= 0.6 is 12.6 Å². The first kappa shape index (κ1) is 54.9. The third-order valence-corrected chi connectivity index (χ3v) is 8.71. The Kier molecular flexibility index (Phi) is 27.1. The van der Waals surface area contributed by atoms with Gasteiger partial charge in [-0.2, -0.15) is 12.6 Å². The molecule has 2 rings (SSSR count). The van der Waals surface area contributed by atoms with Gasteiger partial charge in [0.2, 0.25) is 41.4 Å². The zero-order chi connectivity index (χ0) is 47.3. The molecule has 7 amide bonds. The number of amides is 7. The SMILES string of the molecule is CC(=O)N[C@H]1[C@@H](OC[C@H](NC(=O)CNC(=O)[C@H](Cc2ccc(O)cc2)NC(C)=O)C(=O)NCC(=O)NCC(=O)NC/C=N/OCCOCCOCCOCCS)O[C@H](CO)[C@H](O)[C@@H]1O. The number of ether oxygens (including phenoxy) is 5. The molecule has 0 bridgehead atoms. The van der Waals surface area contributed by atoms with E-state index in [9.17, 15) is 54.0 Å². The van der Waals surface area contributed by atoms with Crippen LogP contribution in [0.4, 0.5) is 0 Å². The highest BCUT2D eigenvalue weighted by molar-refractivity contribution is 7.80. The molecule has 26 heteroatoms. The van der Waals surface area contributed by atoms with E-state index in [1.54, 1.807) is 0 Å². The Balaban J connectivity index is 1.92. The maximum Gasteiger partial charge on any atom is 0.245 e. The average molecular weight is 933 g/mol. The van der Waals surface area contributed by atoms with Gasteiger partial charge in [0.1, 0.15) is 48.8 Å². The summed E-state index contributed by atoms with van der Waals surface area (Å²) in [6.07, 6.45) is -5.02. The summed E-state index contributed by atoms with van der Waals surface area (Å²) >= 11 is 4.04. The number of phenols is 1. The third-order valence-electron chi connectivity index (χ3n) is 8.53. The van der Waals surface area contributed by atoms with E-state index in [0.29, 0.717) is 44.4 Å². The predicted octanol–water partition coefficient (Wildman–Crippen LogP) is -5.67. The number of nitrogens with zero attached hydrogens (tertiary/aromatic N) is 1. The Labute approximate surface area is 374 Å². The van der Waals surface area contributed by atoms with Crippen LogP contribution in [0.2, 0.25) is 0 Å². The molecule has 0 aromatic heterocycles. The van der Waals surface area contributed by atoms with E-state index >= 15 is 0 Å². The lowest BCUT2D eigenvalue weighted by atomic mass is 9.97. The number of oxime groups is 1. The van der Waals surface area contributed by atoms with Crippen LogP contribution in [0.5, 0.6) is 5.75 Å². The van der Waals surface area contributed by atoms with Crippen LogP contribution in [0.25, 0.3) is 0 Å². The molecular formula is C38H60N8O17S. The van der Waals surface area contributed by atoms with Crippen LogP contribution in [0.1, 0.15) is 19.4 Å². The second-order valence-electron chi connectivity index (χ2n) is 13.7. The Bertz CT molecular complexity index is 1650. The largest absolute Gasteiger partial charge is 0.508 e. The Morgan fingerprint density at radius 2 is 1.33 bits per heavy atom. The highest BCUT2D eigenvalue weighted by Gasteiger charge is 2.45. The fourth-order valence-corrected chi connectivity index (χ4v) is 5.57. The fraction of sp³-hybridized carbons (Fsp3) is 0.632. The predicted molar refractivity (Wildman–Crippen MR) is 225 cm³/mol. The second kappa shape index (κ2) is 31.6. The van der Waals surface area contributed by atoms with E-state index in [4.69, 9.17) is 28.5 Å². The Morgan fingerprint density at radius 1 is 0.750 bits per heavy atom. The van der Waals surface area contributed by atoms with Crippen molar-refractivity contribution >= 4 is 60.2 Å². The van der Waals surface area contributed by atoms with E-state index in [2.05, 4.69) is 55.0 Å². The maximum absolute atomic E-state index is 13.3. The van der Waals surface area contributed by atoms with Gasteiger partial charge in [0, 0.05) is 26.0 Å². The molecule has 1 heterocycles. The number of nitrogens with one attached hydrogen (secondary N) is 7. The number of carbonyl (C=O) groups is 7. The number of benzene rings is 1. The van der Waals surface area contributed by atoms with Gasteiger partial charge in [0.05, 0.1) is 85.2 Å². The topological polar surface area (TPSA) is 352 Å². The van der Waals surface area contributed by atoms with Gasteiger partial charge in [-0.3, -0.25) is 33.6 Å². The minimum Gasteiger partial charge on any atom is -0.508 e. The molecule has 360 valence electrons. The van der Waals surface area contributed by atoms with Gasteiger partial charge in [-0.15, -0.1) is 0 Å². The molecule has 1 aliphatic heterocycles. The van der Waals surface area contributed by atoms with Crippen molar-refractivity contribution in [3.8, 4) is 5.75 Å². The molecular weight excluding hydrogens is 873 g/mol. The molecule has 1 fully saturated rings. The molecule has 1 aliphatic rings. The molecule has 0 radical (unpaired) electrons. The van der Waals surface area contributed by atoms with Crippen LogP contribution in [0.15, 0.2) is 29.4 Å². The number of thiol groups is 1. The van der Waals surface area contributed by atoms with Gasteiger partial charge in [-0.25, -0.2) is 0 Å². The summed E-state index contributed by atoms with van der Waals surface area (Å²) in [5.74, 6) is -4.71. The highest BCUT2D eigenvalue weighted by atomic mass is 32.1. The van der Waals surface area contributed by atoms with Gasteiger partial charge >= 0.3 is 0 Å². The van der Waals surface area contributed by atoms with Crippen molar-refractivity contribution in [3.63, 3.8) is 0 Å². The van der Waals surface area contributed by atoms with Crippen molar-refractivity contribution in [3.05, 3.63) is 29.8 Å². The lowest BCUT2D eigenvalue weighted by Crippen LogP contribution is -2.65. The number of carbonyl (C=O) groups excluding carboxylic acids is 7. The minimum atomic E-state index is -1.70. The number of rotatable bonds is 31. The Hall–Kier alpha value is -5.19. The van der Waals surface area contributed by atoms with Crippen molar-refractivity contribution in [1.29, 1.82) is 0 Å². The molecule has 1 aromatic rings. The average Bonchev–Trinajstić information content (AvgIpc) is 3.26. The van der Waals surface area contributed by atoms with Crippen LogP contribution in [-0.2, 0) is 68.5 Å². The number of hydrogen-bond acceptors (Lipinski definition) is 19. The molecule has 11 N–H and O–H groups in total. The molecule has 7 atom stereocenters. The highest BCUT2D eigenvalue weighted by Crippen LogP contribution is 2.22. The van der Waals surface area contributed by atoms with Crippen molar-refractivity contribution in [2.24, 2.45) is 5.16 Å². The van der Waals surface area contributed by atoms with E-state index in [1.165, 1.54) is 37.4 Å².